The Balaban J connectivity index is 1.86. The highest BCUT2D eigenvalue weighted by atomic mass is 79.9. The molecule has 0 N–H and O–H groups in total. The van der Waals surface area contributed by atoms with Crippen LogP contribution in [0.25, 0.3) is 0 Å². The van der Waals surface area contributed by atoms with Gasteiger partial charge in [-0.05, 0) is 36.4 Å². The third-order valence-electron chi connectivity index (χ3n) is 2.93. The van der Waals surface area contributed by atoms with E-state index in [0.717, 1.165) is 10.2 Å². The zero-order chi connectivity index (χ0) is 15.1. The molecule has 0 aliphatic carbocycles. The minimum atomic E-state index is 0.0828. The molecule has 2 rings (SSSR count). The second kappa shape index (κ2) is 7.84. The standard InChI is InChI=1S/C17H17BrO3/c1-2-16(19)15-5-3-4-6-17(15)21-12-11-20-14-9-7-13(18)8-10-14/h3-10H,2,11-12H2,1H3. The summed E-state index contributed by atoms with van der Waals surface area (Å²) < 4.78 is 12.2. The molecule has 0 aromatic heterocycles. The third kappa shape index (κ3) is 4.60. The van der Waals surface area contributed by atoms with E-state index in [4.69, 9.17) is 9.47 Å². The Bertz CT molecular complexity index is 593. The molecular formula is C17H17BrO3. The highest BCUT2D eigenvalue weighted by Gasteiger charge is 2.09. The Morgan fingerprint density at radius 1 is 1.00 bits per heavy atom. The van der Waals surface area contributed by atoms with Gasteiger partial charge in [-0.3, -0.25) is 4.79 Å². The van der Waals surface area contributed by atoms with Crippen LogP contribution in [0, 0.1) is 0 Å². The molecule has 0 fully saturated rings. The lowest BCUT2D eigenvalue weighted by Crippen LogP contribution is -2.11. The van der Waals surface area contributed by atoms with Crippen molar-refractivity contribution in [2.75, 3.05) is 13.2 Å². The monoisotopic (exact) mass is 348 g/mol. The summed E-state index contributed by atoms with van der Waals surface area (Å²) in [6, 6.07) is 14.9. The number of rotatable bonds is 7. The van der Waals surface area contributed by atoms with Crippen molar-refractivity contribution < 1.29 is 14.3 Å². The number of halogens is 1. The lowest BCUT2D eigenvalue weighted by Gasteiger charge is -2.11. The first-order valence-corrected chi connectivity index (χ1v) is 7.63. The lowest BCUT2D eigenvalue weighted by molar-refractivity contribution is 0.0983. The summed E-state index contributed by atoms with van der Waals surface area (Å²) in [4.78, 5) is 11.8. The summed E-state index contributed by atoms with van der Waals surface area (Å²) in [6.07, 6.45) is 0.468. The molecule has 2 aromatic rings. The molecule has 2 aromatic carbocycles. The van der Waals surface area contributed by atoms with Gasteiger partial charge in [0.05, 0.1) is 5.56 Å². The second-order valence-electron chi connectivity index (χ2n) is 4.42. The van der Waals surface area contributed by atoms with Gasteiger partial charge in [-0.1, -0.05) is 35.0 Å². The highest BCUT2D eigenvalue weighted by molar-refractivity contribution is 9.10. The van der Waals surface area contributed by atoms with E-state index in [1.54, 1.807) is 6.07 Å². The van der Waals surface area contributed by atoms with E-state index < -0.39 is 0 Å². The topological polar surface area (TPSA) is 35.5 Å². The molecule has 3 nitrogen and oxygen atoms in total. The normalized spacial score (nSPS) is 10.2. The van der Waals surface area contributed by atoms with Crippen LogP contribution in [0.1, 0.15) is 23.7 Å². The molecule has 0 bridgehead atoms. The van der Waals surface area contributed by atoms with Crippen molar-refractivity contribution in [1.82, 2.24) is 0 Å². The Hall–Kier alpha value is -1.81. The van der Waals surface area contributed by atoms with Gasteiger partial charge >= 0.3 is 0 Å². The fourth-order valence-electron chi connectivity index (χ4n) is 1.86. The second-order valence-corrected chi connectivity index (χ2v) is 5.34. The quantitative estimate of drug-likeness (QED) is 0.545. The van der Waals surface area contributed by atoms with Crippen molar-refractivity contribution in [3.63, 3.8) is 0 Å². The molecule has 110 valence electrons. The third-order valence-corrected chi connectivity index (χ3v) is 3.46. The van der Waals surface area contributed by atoms with Gasteiger partial charge in [-0.2, -0.15) is 0 Å². The van der Waals surface area contributed by atoms with Crippen LogP contribution in [0.15, 0.2) is 53.0 Å². The number of ketones is 1. The van der Waals surface area contributed by atoms with E-state index >= 15 is 0 Å². The van der Waals surface area contributed by atoms with E-state index in [2.05, 4.69) is 15.9 Å². The van der Waals surface area contributed by atoms with Crippen molar-refractivity contribution in [1.29, 1.82) is 0 Å². The molecule has 0 aliphatic rings. The first-order chi connectivity index (χ1) is 10.2. The van der Waals surface area contributed by atoms with Crippen LogP contribution in [-0.4, -0.2) is 19.0 Å². The zero-order valence-corrected chi connectivity index (χ0v) is 13.4. The molecule has 21 heavy (non-hydrogen) atoms. The van der Waals surface area contributed by atoms with Gasteiger partial charge in [0, 0.05) is 10.9 Å². The average molecular weight is 349 g/mol. The zero-order valence-electron chi connectivity index (χ0n) is 11.8. The smallest absolute Gasteiger partial charge is 0.166 e. The van der Waals surface area contributed by atoms with E-state index in [-0.39, 0.29) is 5.78 Å². The van der Waals surface area contributed by atoms with Crippen molar-refractivity contribution in [2.45, 2.75) is 13.3 Å². The maximum atomic E-state index is 11.8. The molecule has 0 amide bonds. The molecule has 0 aliphatic heterocycles. The molecule has 0 saturated heterocycles. The van der Waals surface area contributed by atoms with Crippen molar-refractivity contribution in [2.24, 2.45) is 0 Å². The largest absolute Gasteiger partial charge is 0.490 e. The van der Waals surface area contributed by atoms with Gasteiger partial charge in [0.15, 0.2) is 5.78 Å². The van der Waals surface area contributed by atoms with Crippen LogP contribution in [0.5, 0.6) is 11.5 Å². The van der Waals surface area contributed by atoms with Crippen molar-refractivity contribution >= 4 is 21.7 Å². The number of hydrogen-bond donors (Lipinski definition) is 0. The first kappa shape index (κ1) is 15.6. The molecule has 0 spiro atoms. The minimum absolute atomic E-state index is 0.0828. The predicted octanol–water partition coefficient (Wildman–Crippen LogP) is 4.50. The van der Waals surface area contributed by atoms with Crippen LogP contribution in [0.3, 0.4) is 0 Å². The molecule has 0 atom stereocenters. The summed E-state index contributed by atoms with van der Waals surface area (Å²) in [5, 5.41) is 0. The molecule has 0 heterocycles. The fraction of sp³-hybridized carbons (Fsp3) is 0.235. The number of ether oxygens (including phenoxy) is 2. The highest BCUT2D eigenvalue weighted by Crippen LogP contribution is 2.20. The van der Waals surface area contributed by atoms with Crippen LogP contribution in [0.2, 0.25) is 0 Å². The van der Waals surface area contributed by atoms with Gasteiger partial charge in [-0.15, -0.1) is 0 Å². The van der Waals surface area contributed by atoms with E-state index in [0.29, 0.717) is 30.9 Å². The molecule has 4 heteroatoms. The number of Topliss-reactive ketones (excluding diaryl/α,β-unsaturated/α-hetero) is 1. The number of benzene rings is 2. The number of carbonyl (C=O) groups is 1. The van der Waals surface area contributed by atoms with Gasteiger partial charge in [0.25, 0.3) is 0 Å². The summed E-state index contributed by atoms with van der Waals surface area (Å²) in [5.41, 5.74) is 0.628. The summed E-state index contributed by atoms with van der Waals surface area (Å²) >= 11 is 3.37. The molecule has 0 unspecified atom stereocenters. The fourth-order valence-corrected chi connectivity index (χ4v) is 2.12. The Morgan fingerprint density at radius 3 is 2.38 bits per heavy atom. The van der Waals surface area contributed by atoms with Crippen LogP contribution >= 0.6 is 15.9 Å². The van der Waals surface area contributed by atoms with Crippen LogP contribution < -0.4 is 9.47 Å². The van der Waals surface area contributed by atoms with E-state index in [1.165, 1.54) is 0 Å². The first-order valence-electron chi connectivity index (χ1n) is 6.84. The van der Waals surface area contributed by atoms with Crippen LogP contribution in [0.4, 0.5) is 0 Å². The Morgan fingerprint density at radius 2 is 1.67 bits per heavy atom. The maximum Gasteiger partial charge on any atom is 0.166 e. The molecule has 0 radical (unpaired) electrons. The number of para-hydroxylation sites is 1. The summed E-state index contributed by atoms with van der Waals surface area (Å²) in [7, 11) is 0. The average Bonchev–Trinajstić information content (AvgIpc) is 2.53. The summed E-state index contributed by atoms with van der Waals surface area (Å²) in [6.45, 7) is 2.66. The minimum Gasteiger partial charge on any atom is -0.490 e. The van der Waals surface area contributed by atoms with Gasteiger partial charge < -0.3 is 9.47 Å². The Labute approximate surface area is 133 Å². The lowest BCUT2D eigenvalue weighted by atomic mass is 10.1. The van der Waals surface area contributed by atoms with Crippen molar-refractivity contribution in [3.05, 3.63) is 58.6 Å². The summed E-state index contributed by atoms with van der Waals surface area (Å²) in [5.74, 6) is 1.49. The number of carbonyl (C=O) groups excluding carboxylic acids is 1. The van der Waals surface area contributed by atoms with E-state index in [1.807, 2.05) is 49.4 Å². The van der Waals surface area contributed by atoms with Crippen molar-refractivity contribution in [3.8, 4) is 11.5 Å². The van der Waals surface area contributed by atoms with Gasteiger partial charge in [0.1, 0.15) is 24.7 Å². The molecule has 0 saturated carbocycles. The van der Waals surface area contributed by atoms with E-state index in [9.17, 15) is 4.79 Å². The van der Waals surface area contributed by atoms with Crippen LogP contribution in [-0.2, 0) is 0 Å². The number of hydrogen-bond acceptors (Lipinski definition) is 3. The molecular weight excluding hydrogens is 332 g/mol. The van der Waals surface area contributed by atoms with Gasteiger partial charge in [0.2, 0.25) is 0 Å². The Kier molecular flexibility index (Phi) is 5.81. The maximum absolute atomic E-state index is 11.8. The predicted molar refractivity (Wildman–Crippen MR) is 86.2 cm³/mol. The SMILES string of the molecule is CCC(=O)c1ccccc1OCCOc1ccc(Br)cc1. The van der Waals surface area contributed by atoms with Gasteiger partial charge in [-0.25, -0.2) is 0 Å².